The summed E-state index contributed by atoms with van der Waals surface area (Å²) in [7, 11) is 0. The molecule has 1 aromatic carbocycles. The van der Waals surface area contributed by atoms with E-state index in [0.717, 1.165) is 24.4 Å². The lowest BCUT2D eigenvalue weighted by Gasteiger charge is -2.29. The van der Waals surface area contributed by atoms with Gasteiger partial charge in [0.15, 0.2) is 11.5 Å². The second-order valence-electron chi connectivity index (χ2n) is 7.87. The molecule has 146 valence electrons. The van der Waals surface area contributed by atoms with Crippen LogP contribution < -0.4 is 19.7 Å². The molecule has 0 spiro atoms. The smallest absolute Gasteiger partial charge is 0.227 e. The first kappa shape index (κ1) is 18.1. The van der Waals surface area contributed by atoms with Crippen molar-refractivity contribution in [1.82, 2.24) is 5.32 Å². The number of amides is 2. The van der Waals surface area contributed by atoms with Crippen LogP contribution in [0.4, 0.5) is 5.69 Å². The Morgan fingerprint density at radius 3 is 2.63 bits per heavy atom. The third-order valence-corrected chi connectivity index (χ3v) is 6.10. The third kappa shape index (κ3) is 3.89. The molecule has 2 heterocycles. The van der Waals surface area contributed by atoms with E-state index >= 15 is 0 Å². The molecule has 4 rings (SSSR count). The highest BCUT2D eigenvalue weighted by atomic mass is 16.6. The molecular weight excluding hydrogens is 344 g/mol. The molecule has 0 bridgehead atoms. The van der Waals surface area contributed by atoms with Gasteiger partial charge in [-0.2, -0.15) is 0 Å². The van der Waals surface area contributed by atoms with Crippen LogP contribution in [0, 0.1) is 11.8 Å². The number of anilines is 1. The Bertz CT molecular complexity index is 712. The first-order chi connectivity index (χ1) is 13.1. The molecule has 0 radical (unpaired) electrons. The number of nitrogens with zero attached hydrogens (tertiary/aromatic N) is 1. The van der Waals surface area contributed by atoms with Crippen LogP contribution in [0.5, 0.6) is 11.5 Å². The molecule has 1 aromatic rings. The largest absolute Gasteiger partial charge is 0.486 e. The van der Waals surface area contributed by atoms with Crippen LogP contribution in [0.25, 0.3) is 0 Å². The van der Waals surface area contributed by atoms with Gasteiger partial charge in [-0.05, 0) is 43.7 Å². The summed E-state index contributed by atoms with van der Waals surface area (Å²) in [5, 5.41) is 3.19. The van der Waals surface area contributed by atoms with Crippen LogP contribution >= 0.6 is 0 Å². The van der Waals surface area contributed by atoms with E-state index in [-0.39, 0.29) is 30.2 Å². The first-order valence-corrected chi connectivity index (χ1v) is 10.1. The highest BCUT2D eigenvalue weighted by Crippen LogP contribution is 2.36. The predicted octanol–water partition coefficient (Wildman–Crippen LogP) is 2.90. The summed E-state index contributed by atoms with van der Waals surface area (Å²) in [6, 6.07) is 5.78. The fourth-order valence-electron chi connectivity index (χ4n) is 4.37. The van der Waals surface area contributed by atoms with Gasteiger partial charge >= 0.3 is 0 Å². The van der Waals surface area contributed by atoms with Crippen LogP contribution in [0.15, 0.2) is 18.2 Å². The van der Waals surface area contributed by atoms with Gasteiger partial charge in [0.05, 0.1) is 5.92 Å². The molecule has 3 aliphatic rings. The number of hydrogen-bond donors (Lipinski definition) is 1. The summed E-state index contributed by atoms with van der Waals surface area (Å²) in [4.78, 5) is 26.9. The van der Waals surface area contributed by atoms with Gasteiger partial charge in [0, 0.05) is 30.8 Å². The van der Waals surface area contributed by atoms with E-state index in [1.54, 1.807) is 4.90 Å². The van der Waals surface area contributed by atoms with Gasteiger partial charge in [-0.3, -0.25) is 9.59 Å². The summed E-state index contributed by atoms with van der Waals surface area (Å²) in [6.45, 7) is 3.71. The zero-order chi connectivity index (χ0) is 18.8. The fraction of sp³-hybridized carbons (Fsp3) is 0.619. The summed E-state index contributed by atoms with van der Waals surface area (Å²) in [5.74, 6) is 1.89. The van der Waals surface area contributed by atoms with Gasteiger partial charge in [0.1, 0.15) is 13.2 Å². The van der Waals surface area contributed by atoms with Crippen molar-refractivity contribution in [2.24, 2.45) is 11.8 Å². The number of carbonyl (C=O) groups is 2. The molecule has 1 unspecified atom stereocenters. The van der Waals surface area contributed by atoms with Crippen LogP contribution in [-0.2, 0) is 9.59 Å². The van der Waals surface area contributed by atoms with Gasteiger partial charge in [0.25, 0.3) is 0 Å². The van der Waals surface area contributed by atoms with Crippen molar-refractivity contribution in [1.29, 1.82) is 0 Å². The highest BCUT2D eigenvalue weighted by Gasteiger charge is 2.36. The maximum atomic E-state index is 12.7. The third-order valence-electron chi connectivity index (χ3n) is 6.10. The summed E-state index contributed by atoms with van der Waals surface area (Å²) < 4.78 is 11.1. The number of rotatable bonds is 4. The standard InChI is InChI=1S/C21H28N2O4/c1-2-14-3-5-16(6-4-14)22-21(25)15-11-20(24)23(13-15)17-7-8-18-19(12-17)27-10-9-26-18/h7-8,12,14-16H,2-6,9-11,13H2,1H3,(H,22,25). The molecule has 1 atom stereocenters. The lowest BCUT2D eigenvalue weighted by molar-refractivity contribution is -0.127. The Morgan fingerprint density at radius 2 is 1.89 bits per heavy atom. The lowest BCUT2D eigenvalue weighted by Crippen LogP contribution is -2.41. The fourth-order valence-corrected chi connectivity index (χ4v) is 4.37. The highest BCUT2D eigenvalue weighted by molar-refractivity contribution is 6.00. The molecule has 6 nitrogen and oxygen atoms in total. The van der Waals surface area contributed by atoms with E-state index in [0.29, 0.717) is 31.3 Å². The number of carbonyl (C=O) groups excluding carboxylic acids is 2. The van der Waals surface area contributed by atoms with Crippen molar-refractivity contribution >= 4 is 17.5 Å². The molecule has 27 heavy (non-hydrogen) atoms. The minimum Gasteiger partial charge on any atom is -0.486 e. The van der Waals surface area contributed by atoms with Crippen molar-refractivity contribution < 1.29 is 19.1 Å². The van der Waals surface area contributed by atoms with Crippen molar-refractivity contribution in [3.8, 4) is 11.5 Å². The van der Waals surface area contributed by atoms with E-state index in [2.05, 4.69) is 12.2 Å². The monoisotopic (exact) mass is 372 g/mol. The van der Waals surface area contributed by atoms with E-state index in [9.17, 15) is 9.59 Å². The molecule has 2 amide bonds. The van der Waals surface area contributed by atoms with Gasteiger partial charge in [-0.15, -0.1) is 0 Å². The molecule has 1 N–H and O–H groups in total. The van der Waals surface area contributed by atoms with Crippen molar-refractivity contribution in [2.45, 2.75) is 51.5 Å². The molecular formula is C21H28N2O4. The summed E-state index contributed by atoms with van der Waals surface area (Å²) in [5.41, 5.74) is 0.767. The minimum atomic E-state index is -0.283. The normalized spacial score (nSPS) is 27.5. The van der Waals surface area contributed by atoms with E-state index < -0.39 is 0 Å². The lowest BCUT2D eigenvalue weighted by atomic mass is 9.84. The van der Waals surface area contributed by atoms with Gasteiger partial charge in [-0.1, -0.05) is 13.3 Å². The first-order valence-electron chi connectivity index (χ1n) is 10.1. The van der Waals surface area contributed by atoms with Crippen LogP contribution in [-0.4, -0.2) is 37.6 Å². The number of fused-ring (bicyclic) bond motifs is 1. The number of ether oxygens (including phenoxy) is 2. The number of benzene rings is 1. The molecule has 6 heteroatoms. The molecule has 2 fully saturated rings. The van der Waals surface area contributed by atoms with Crippen molar-refractivity contribution in [2.75, 3.05) is 24.7 Å². The quantitative estimate of drug-likeness (QED) is 0.882. The van der Waals surface area contributed by atoms with Gasteiger partial charge in [-0.25, -0.2) is 0 Å². The van der Waals surface area contributed by atoms with E-state index in [1.807, 2.05) is 18.2 Å². The average molecular weight is 372 g/mol. The minimum absolute atomic E-state index is 0.0125. The SMILES string of the molecule is CCC1CCC(NC(=O)C2CC(=O)N(c3ccc4c(c3)OCCO4)C2)CC1. The van der Waals surface area contributed by atoms with E-state index in [4.69, 9.17) is 9.47 Å². The topological polar surface area (TPSA) is 67.9 Å². The molecule has 1 saturated heterocycles. The second kappa shape index (κ2) is 7.79. The maximum absolute atomic E-state index is 12.7. The maximum Gasteiger partial charge on any atom is 0.227 e. The Morgan fingerprint density at radius 1 is 1.15 bits per heavy atom. The Labute approximate surface area is 160 Å². The average Bonchev–Trinajstić information content (AvgIpc) is 3.10. The zero-order valence-electron chi connectivity index (χ0n) is 15.9. The van der Waals surface area contributed by atoms with Gasteiger partial charge in [0.2, 0.25) is 11.8 Å². The van der Waals surface area contributed by atoms with E-state index in [1.165, 1.54) is 19.3 Å². The van der Waals surface area contributed by atoms with Crippen molar-refractivity contribution in [3.05, 3.63) is 18.2 Å². The second-order valence-corrected chi connectivity index (χ2v) is 7.87. The van der Waals surface area contributed by atoms with Crippen LogP contribution in [0.2, 0.25) is 0 Å². The van der Waals surface area contributed by atoms with Crippen molar-refractivity contribution in [3.63, 3.8) is 0 Å². The Balaban J connectivity index is 1.37. The predicted molar refractivity (Wildman–Crippen MR) is 102 cm³/mol. The summed E-state index contributed by atoms with van der Waals surface area (Å²) in [6.07, 6.45) is 5.98. The van der Waals surface area contributed by atoms with Crippen LogP contribution in [0.1, 0.15) is 45.4 Å². The molecule has 1 aliphatic carbocycles. The van der Waals surface area contributed by atoms with Gasteiger partial charge < -0.3 is 19.7 Å². The number of hydrogen-bond acceptors (Lipinski definition) is 4. The number of nitrogens with one attached hydrogen (secondary N) is 1. The molecule has 1 saturated carbocycles. The van der Waals surface area contributed by atoms with Crippen LogP contribution in [0.3, 0.4) is 0 Å². The Kier molecular flexibility index (Phi) is 5.23. The zero-order valence-corrected chi connectivity index (χ0v) is 15.9. The molecule has 2 aliphatic heterocycles. The summed E-state index contributed by atoms with van der Waals surface area (Å²) >= 11 is 0. The Hall–Kier alpha value is -2.24. The molecule has 0 aromatic heterocycles.